The summed E-state index contributed by atoms with van der Waals surface area (Å²) in [6.45, 7) is 0. The van der Waals surface area contributed by atoms with Crippen molar-refractivity contribution in [2.75, 3.05) is 7.11 Å². The minimum atomic E-state index is -4.89. The smallest absolute Gasteiger partial charge is 0.351 e. The summed E-state index contributed by atoms with van der Waals surface area (Å²) in [5.74, 6) is 0.0629. The summed E-state index contributed by atoms with van der Waals surface area (Å²) in [5, 5.41) is -1.18. The average molecular weight is 226 g/mol. The summed E-state index contributed by atoms with van der Waals surface area (Å²) in [7, 11) is -3.60. The van der Waals surface area contributed by atoms with Crippen LogP contribution in [0.2, 0.25) is 5.02 Å². The van der Waals surface area contributed by atoms with Crippen molar-refractivity contribution < 1.29 is 17.0 Å². The van der Waals surface area contributed by atoms with Crippen LogP contribution in [0.15, 0.2) is 17.3 Å². The Kier molecular flexibility index (Phi) is 2.72. The van der Waals surface area contributed by atoms with Gasteiger partial charge in [-0.3, -0.25) is 0 Å². The number of hydrogen-bond donors (Lipinski definition) is 0. The van der Waals surface area contributed by atoms with Gasteiger partial charge < -0.3 is 4.74 Å². The van der Waals surface area contributed by atoms with Gasteiger partial charge in [0, 0.05) is 12.3 Å². The third kappa shape index (κ3) is 2.07. The fraction of sp³-hybridized carbons (Fsp3) is 0.167. The fourth-order valence-electron chi connectivity index (χ4n) is 0.736. The largest absolute Gasteiger partial charge is 0.495 e. The van der Waals surface area contributed by atoms with Gasteiger partial charge in [-0.1, -0.05) is 15.5 Å². The molecule has 1 rings (SSSR count). The van der Waals surface area contributed by atoms with Gasteiger partial charge >= 0.3 is 10.2 Å². The Balaban J connectivity index is 3.41. The number of hydrogen-bond acceptors (Lipinski definition) is 4. The molecule has 0 N–H and O–H groups in total. The lowest BCUT2D eigenvalue weighted by molar-refractivity contribution is 0.412. The summed E-state index contributed by atoms with van der Waals surface area (Å²) >= 11 is 5.49. The van der Waals surface area contributed by atoms with E-state index in [0.29, 0.717) is 0 Å². The topological polar surface area (TPSA) is 56.3 Å². The summed E-state index contributed by atoms with van der Waals surface area (Å²) in [6, 6.07) is 1.33. The van der Waals surface area contributed by atoms with Crippen LogP contribution in [0.25, 0.3) is 0 Å². The first kappa shape index (κ1) is 10.2. The van der Waals surface area contributed by atoms with Crippen LogP contribution < -0.4 is 4.74 Å². The van der Waals surface area contributed by atoms with Crippen molar-refractivity contribution in [3.8, 4) is 5.75 Å². The first-order valence-electron chi connectivity index (χ1n) is 3.10. The molecule has 0 aliphatic carbocycles. The molecule has 0 aliphatic heterocycles. The predicted molar refractivity (Wildman–Crippen MR) is 44.1 cm³/mol. The summed E-state index contributed by atoms with van der Waals surface area (Å²) in [4.78, 5) is 3.28. The van der Waals surface area contributed by atoms with E-state index >= 15 is 0 Å². The molecule has 72 valence electrons. The van der Waals surface area contributed by atoms with E-state index in [9.17, 15) is 12.3 Å². The Morgan fingerprint density at radius 1 is 1.62 bits per heavy atom. The zero-order valence-electron chi connectivity index (χ0n) is 6.49. The first-order valence-corrected chi connectivity index (χ1v) is 4.86. The molecule has 0 amide bonds. The maximum absolute atomic E-state index is 12.5. The van der Waals surface area contributed by atoms with Gasteiger partial charge in [-0.2, -0.15) is 8.42 Å². The number of ether oxygens (including phenoxy) is 1. The highest BCUT2D eigenvalue weighted by Gasteiger charge is 2.20. The zero-order valence-corrected chi connectivity index (χ0v) is 8.06. The summed E-state index contributed by atoms with van der Waals surface area (Å²) in [5.41, 5.74) is 0. The highest BCUT2D eigenvalue weighted by Crippen LogP contribution is 2.29. The van der Waals surface area contributed by atoms with Crippen molar-refractivity contribution in [3.63, 3.8) is 0 Å². The Bertz CT molecular complexity index is 420. The second-order valence-electron chi connectivity index (χ2n) is 2.07. The van der Waals surface area contributed by atoms with Gasteiger partial charge in [0.1, 0.15) is 10.8 Å². The fourth-order valence-corrected chi connectivity index (χ4v) is 1.70. The standard InChI is InChI=1S/C6H5ClFNO3S/c1-12-4-2-3-9-6(5(4)7)13(8,10)11/h2-3H,1H3. The molecule has 0 aromatic carbocycles. The van der Waals surface area contributed by atoms with E-state index in [1.165, 1.54) is 13.2 Å². The van der Waals surface area contributed by atoms with Crippen LogP contribution in [0.3, 0.4) is 0 Å². The Morgan fingerprint density at radius 2 is 2.23 bits per heavy atom. The lowest BCUT2D eigenvalue weighted by Gasteiger charge is -2.03. The highest BCUT2D eigenvalue weighted by molar-refractivity contribution is 7.86. The SMILES string of the molecule is COc1ccnc(S(=O)(=O)F)c1Cl. The van der Waals surface area contributed by atoms with Crippen LogP contribution in [-0.4, -0.2) is 20.5 Å². The third-order valence-corrected chi connectivity index (χ3v) is 2.52. The van der Waals surface area contributed by atoms with Gasteiger partial charge in [0.15, 0.2) is 0 Å². The Labute approximate surface area is 79.5 Å². The number of aromatic nitrogens is 1. The molecule has 0 saturated heterocycles. The monoisotopic (exact) mass is 225 g/mol. The van der Waals surface area contributed by atoms with Gasteiger partial charge in [-0.05, 0) is 0 Å². The molecule has 0 bridgehead atoms. The van der Waals surface area contributed by atoms with E-state index < -0.39 is 15.2 Å². The quantitative estimate of drug-likeness (QED) is 0.714. The number of pyridine rings is 1. The van der Waals surface area contributed by atoms with E-state index in [1.807, 2.05) is 0 Å². The van der Waals surface area contributed by atoms with Crippen molar-refractivity contribution in [3.05, 3.63) is 17.3 Å². The molecule has 1 heterocycles. The summed E-state index contributed by atoms with van der Waals surface area (Å²) < 4.78 is 38.1. The molecule has 7 heteroatoms. The molecule has 0 fully saturated rings. The third-order valence-electron chi connectivity index (χ3n) is 1.27. The maximum Gasteiger partial charge on any atom is 0.351 e. The van der Waals surface area contributed by atoms with Crippen molar-refractivity contribution in [2.24, 2.45) is 0 Å². The van der Waals surface area contributed by atoms with E-state index in [0.717, 1.165) is 6.20 Å². The van der Waals surface area contributed by atoms with E-state index in [2.05, 4.69) is 9.72 Å². The van der Waals surface area contributed by atoms with Crippen LogP contribution >= 0.6 is 11.6 Å². The second-order valence-corrected chi connectivity index (χ2v) is 3.71. The lowest BCUT2D eigenvalue weighted by Crippen LogP contribution is -1.98. The molecule has 4 nitrogen and oxygen atoms in total. The molecule has 0 aliphatic rings. The van der Waals surface area contributed by atoms with Crippen molar-refractivity contribution in [1.82, 2.24) is 4.98 Å². The first-order chi connectivity index (χ1) is 5.96. The van der Waals surface area contributed by atoms with Crippen LogP contribution in [0.1, 0.15) is 0 Å². The average Bonchev–Trinajstić information content (AvgIpc) is 2.02. The molecule has 0 unspecified atom stereocenters. The molecule has 0 spiro atoms. The second kappa shape index (κ2) is 3.47. The number of methoxy groups -OCH3 is 1. The molecule has 0 atom stereocenters. The molecular weight excluding hydrogens is 221 g/mol. The molecule has 13 heavy (non-hydrogen) atoms. The Morgan fingerprint density at radius 3 is 2.69 bits per heavy atom. The number of rotatable bonds is 2. The molecule has 1 aromatic rings. The number of halogens is 2. The van der Waals surface area contributed by atoms with Crippen molar-refractivity contribution in [1.29, 1.82) is 0 Å². The van der Waals surface area contributed by atoms with Gasteiger partial charge in [-0.15, -0.1) is 0 Å². The predicted octanol–water partition coefficient (Wildman–Crippen LogP) is 1.40. The molecule has 1 aromatic heterocycles. The lowest BCUT2D eigenvalue weighted by atomic mass is 10.4. The maximum atomic E-state index is 12.5. The molecular formula is C6H5ClFNO3S. The van der Waals surface area contributed by atoms with Crippen LogP contribution in [-0.2, 0) is 10.2 Å². The minimum absolute atomic E-state index is 0.0629. The van der Waals surface area contributed by atoms with E-state index in [-0.39, 0.29) is 10.8 Å². The zero-order chi connectivity index (χ0) is 10.1. The molecule has 0 saturated carbocycles. The van der Waals surface area contributed by atoms with Gasteiger partial charge in [0.25, 0.3) is 0 Å². The Hall–Kier alpha value is -0.880. The molecule has 0 radical (unpaired) electrons. The van der Waals surface area contributed by atoms with Crippen LogP contribution in [0.4, 0.5) is 3.89 Å². The highest BCUT2D eigenvalue weighted by atomic mass is 35.5. The van der Waals surface area contributed by atoms with Crippen molar-refractivity contribution in [2.45, 2.75) is 5.03 Å². The van der Waals surface area contributed by atoms with Crippen molar-refractivity contribution >= 4 is 21.8 Å². The van der Waals surface area contributed by atoms with Gasteiger partial charge in [0.2, 0.25) is 5.03 Å². The van der Waals surface area contributed by atoms with Gasteiger partial charge in [-0.25, -0.2) is 4.98 Å². The summed E-state index contributed by atoms with van der Waals surface area (Å²) in [6.07, 6.45) is 1.09. The van der Waals surface area contributed by atoms with Gasteiger partial charge in [0.05, 0.1) is 7.11 Å². The number of nitrogens with zero attached hydrogens (tertiary/aromatic N) is 1. The van der Waals surface area contributed by atoms with E-state index in [4.69, 9.17) is 11.6 Å². The normalized spacial score (nSPS) is 11.3. The van der Waals surface area contributed by atoms with Crippen LogP contribution in [0.5, 0.6) is 5.75 Å². The van der Waals surface area contributed by atoms with E-state index in [1.54, 1.807) is 0 Å². The van der Waals surface area contributed by atoms with Crippen LogP contribution in [0, 0.1) is 0 Å². The minimum Gasteiger partial charge on any atom is -0.495 e.